The van der Waals surface area contributed by atoms with Crippen LogP contribution >= 0.6 is 0 Å². The lowest BCUT2D eigenvalue weighted by atomic mass is 9.71. The Morgan fingerprint density at radius 2 is 1.73 bits per heavy atom. The second kappa shape index (κ2) is 11.5. The average molecular weight is 516 g/mol. The molecule has 0 aromatic heterocycles. The Balaban J connectivity index is 1.83. The Labute approximate surface area is 219 Å². The van der Waals surface area contributed by atoms with Crippen molar-refractivity contribution in [1.82, 2.24) is 15.1 Å². The van der Waals surface area contributed by atoms with E-state index in [4.69, 9.17) is 4.74 Å². The van der Waals surface area contributed by atoms with Crippen LogP contribution < -0.4 is 5.32 Å². The van der Waals surface area contributed by atoms with Crippen molar-refractivity contribution in [2.45, 2.75) is 89.8 Å². The average Bonchev–Trinajstić information content (AvgIpc) is 3.35. The van der Waals surface area contributed by atoms with Crippen molar-refractivity contribution in [3.63, 3.8) is 0 Å². The van der Waals surface area contributed by atoms with Gasteiger partial charge in [0.1, 0.15) is 17.7 Å². The molecule has 0 spiro atoms. The molecule has 1 aromatic rings. The summed E-state index contributed by atoms with van der Waals surface area (Å²) in [6, 6.07) is 7.80. The van der Waals surface area contributed by atoms with Gasteiger partial charge in [-0.05, 0) is 57.9 Å². The Hall–Kier alpha value is -3.10. The van der Waals surface area contributed by atoms with Gasteiger partial charge < -0.3 is 25.0 Å². The molecule has 0 saturated carbocycles. The molecule has 2 fully saturated rings. The van der Waals surface area contributed by atoms with Crippen molar-refractivity contribution >= 4 is 23.9 Å². The highest BCUT2D eigenvalue weighted by molar-refractivity contribution is 5.95. The Morgan fingerprint density at radius 1 is 1.11 bits per heavy atom. The van der Waals surface area contributed by atoms with Crippen molar-refractivity contribution in [1.29, 1.82) is 0 Å². The van der Waals surface area contributed by atoms with Crippen LogP contribution in [0.5, 0.6) is 0 Å². The number of carboxylic acid groups (broad SMARTS) is 1. The van der Waals surface area contributed by atoms with Gasteiger partial charge in [0, 0.05) is 19.6 Å². The van der Waals surface area contributed by atoms with Crippen molar-refractivity contribution in [3.05, 3.63) is 35.9 Å². The van der Waals surface area contributed by atoms with Crippen LogP contribution in [-0.2, 0) is 24.5 Å². The molecule has 3 amide bonds. The summed E-state index contributed by atoms with van der Waals surface area (Å²) >= 11 is 0. The molecule has 0 aliphatic carbocycles. The van der Waals surface area contributed by atoms with Gasteiger partial charge in [-0.15, -0.1) is 0 Å². The number of amides is 3. The maximum absolute atomic E-state index is 14.2. The van der Waals surface area contributed by atoms with E-state index in [1.165, 1.54) is 0 Å². The maximum Gasteiger partial charge on any atom is 0.410 e. The molecule has 2 heterocycles. The number of benzene rings is 1. The Bertz CT molecular complexity index is 981. The highest BCUT2D eigenvalue weighted by Gasteiger charge is 2.49. The third-order valence-corrected chi connectivity index (χ3v) is 7.60. The number of carbonyl (C=O) groups excluding carboxylic acids is 3. The highest BCUT2D eigenvalue weighted by Crippen LogP contribution is 2.39. The fraction of sp³-hybridized carbons (Fsp3) is 0.643. The highest BCUT2D eigenvalue weighted by atomic mass is 16.6. The Morgan fingerprint density at radius 3 is 2.27 bits per heavy atom. The van der Waals surface area contributed by atoms with E-state index in [2.05, 4.69) is 5.32 Å². The van der Waals surface area contributed by atoms with Gasteiger partial charge in [0.05, 0.1) is 5.41 Å². The van der Waals surface area contributed by atoms with Crippen molar-refractivity contribution in [3.8, 4) is 0 Å². The predicted molar refractivity (Wildman–Crippen MR) is 139 cm³/mol. The van der Waals surface area contributed by atoms with Gasteiger partial charge >= 0.3 is 12.1 Å². The van der Waals surface area contributed by atoms with E-state index in [9.17, 15) is 24.3 Å². The number of aliphatic carboxylic acids is 1. The van der Waals surface area contributed by atoms with Crippen LogP contribution in [0.1, 0.15) is 72.3 Å². The second-order valence-electron chi connectivity index (χ2n) is 11.3. The zero-order chi connectivity index (χ0) is 27.4. The lowest BCUT2D eigenvalue weighted by Crippen LogP contribution is -2.58. The maximum atomic E-state index is 14.2. The molecule has 0 radical (unpaired) electrons. The summed E-state index contributed by atoms with van der Waals surface area (Å²) in [5.41, 5.74) is -0.635. The smallest absolute Gasteiger partial charge is 0.410 e. The fourth-order valence-corrected chi connectivity index (χ4v) is 5.27. The zero-order valence-electron chi connectivity index (χ0n) is 22.7. The molecule has 9 nitrogen and oxygen atoms in total. The Kier molecular flexibility index (Phi) is 8.87. The molecule has 1 aromatic carbocycles. The number of carboxylic acids is 1. The van der Waals surface area contributed by atoms with E-state index in [0.717, 1.165) is 5.56 Å². The van der Waals surface area contributed by atoms with Crippen molar-refractivity contribution < 1.29 is 29.0 Å². The molecular formula is C28H41N3O6. The molecule has 2 N–H and O–H groups in total. The molecule has 9 heteroatoms. The molecule has 2 aliphatic heterocycles. The number of likely N-dealkylation sites (tertiary alicyclic amines) is 2. The summed E-state index contributed by atoms with van der Waals surface area (Å²) in [7, 11) is 0. The number of hydrogen-bond acceptors (Lipinski definition) is 5. The van der Waals surface area contributed by atoms with E-state index in [0.29, 0.717) is 51.7 Å². The molecule has 0 unspecified atom stereocenters. The fourth-order valence-electron chi connectivity index (χ4n) is 5.27. The zero-order valence-corrected chi connectivity index (χ0v) is 22.7. The molecule has 2 saturated heterocycles. The minimum atomic E-state index is -1.08. The number of ether oxygens (including phenoxy) is 1. The van der Waals surface area contributed by atoms with Gasteiger partial charge in [-0.2, -0.15) is 0 Å². The first kappa shape index (κ1) is 28.5. The first-order valence-electron chi connectivity index (χ1n) is 13.3. The summed E-state index contributed by atoms with van der Waals surface area (Å²) in [5.74, 6) is -1.88. The summed E-state index contributed by atoms with van der Waals surface area (Å²) in [6.45, 7) is 10.3. The normalized spacial score (nSPS) is 21.2. The molecule has 37 heavy (non-hydrogen) atoms. The van der Waals surface area contributed by atoms with Crippen LogP contribution in [0.25, 0.3) is 0 Å². The lowest BCUT2D eigenvalue weighted by molar-refractivity contribution is -0.147. The number of nitrogens with one attached hydrogen (secondary N) is 1. The third-order valence-electron chi connectivity index (χ3n) is 7.60. The third kappa shape index (κ3) is 6.43. The van der Waals surface area contributed by atoms with Crippen LogP contribution in [-0.4, -0.2) is 76.1 Å². The second-order valence-corrected chi connectivity index (χ2v) is 11.3. The summed E-state index contributed by atoms with van der Waals surface area (Å²) in [4.78, 5) is 55.2. The quantitative estimate of drug-likeness (QED) is 0.574. The van der Waals surface area contributed by atoms with E-state index in [1.54, 1.807) is 16.7 Å². The van der Waals surface area contributed by atoms with Crippen LogP contribution in [0.3, 0.4) is 0 Å². The lowest BCUT2D eigenvalue weighted by Gasteiger charge is -2.44. The number of piperidine rings is 1. The number of carbonyl (C=O) groups is 4. The van der Waals surface area contributed by atoms with E-state index < -0.39 is 41.1 Å². The van der Waals surface area contributed by atoms with Crippen LogP contribution in [0.15, 0.2) is 30.3 Å². The van der Waals surface area contributed by atoms with Gasteiger partial charge in [0.25, 0.3) is 0 Å². The van der Waals surface area contributed by atoms with Crippen LogP contribution in [0, 0.1) is 5.92 Å². The van der Waals surface area contributed by atoms with Crippen LogP contribution in [0.2, 0.25) is 0 Å². The predicted octanol–water partition coefficient (Wildman–Crippen LogP) is 3.56. The topological polar surface area (TPSA) is 116 Å². The SMILES string of the molecule is CC[C@@H](C)[C@H](NC(=O)[C@@H]1CCCN1C(=O)C1(c2ccccc2)CCN(C(=O)OC(C)(C)C)CC1)C(=O)O. The van der Waals surface area contributed by atoms with E-state index in [-0.39, 0.29) is 11.8 Å². The molecule has 0 bridgehead atoms. The van der Waals surface area contributed by atoms with Crippen LogP contribution in [0.4, 0.5) is 4.79 Å². The van der Waals surface area contributed by atoms with Gasteiger partial charge in [0.15, 0.2) is 0 Å². The monoisotopic (exact) mass is 515 g/mol. The van der Waals surface area contributed by atoms with Gasteiger partial charge in [-0.1, -0.05) is 50.6 Å². The number of hydrogen-bond donors (Lipinski definition) is 2. The molecule has 204 valence electrons. The molecule has 3 rings (SSSR count). The van der Waals surface area contributed by atoms with E-state index >= 15 is 0 Å². The summed E-state index contributed by atoms with van der Waals surface area (Å²) in [5, 5.41) is 12.3. The largest absolute Gasteiger partial charge is 0.480 e. The number of nitrogens with zero attached hydrogens (tertiary/aromatic N) is 2. The summed E-state index contributed by atoms with van der Waals surface area (Å²) in [6.07, 6.45) is 2.18. The van der Waals surface area contributed by atoms with E-state index in [1.807, 2.05) is 58.0 Å². The minimum absolute atomic E-state index is 0.143. The first-order valence-corrected chi connectivity index (χ1v) is 13.3. The number of rotatable bonds is 7. The standard InChI is InChI=1S/C28H41N3O6/c1-6-19(2)22(24(33)34)29-23(32)21-13-10-16-31(21)25(35)28(20-11-8-7-9-12-20)14-17-30(18-15-28)26(36)37-27(3,4)5/h7-9,11-12,19,21-22H,6,10,13-18H2,1-5H3,(H,29,32)(H,33,34)/t19-,21+,22+/m1/s1. The first-order chi connectivity index (χ1) is 17.4. The van der Waals surface area contributed by atoms with Crippen molar-refractivity contribution in [2.75, 3.05) is 19.6 Å². The minimum Gasteiger partial charge on any atom is -0.480 e. The van der Waals surface area contributed by atoms with Gasteiger partial charge in [-0.3, -0.25) is 9.59 Å². The van der Waals surface area contributed by atoms with Gasteiger partial charge in [0.2, 0.25) is 11.8 Å². The molecule has 3 atom stereocenters. The molecule has 2 aliphatic rings. The van der Waals surface area contributed by atoms with Gasteiger partial charge in [-0.25, -0.2) is 9.59 Å². The summed E-state index contributed by atoms with van der Waals surface area (Å²) < 4.78 is 5.54. The molecular weight excluding hydrogens is 474 g/mol. The van der Waals surface area contributed by atoms with Crippen molar-refractivity contribution in [2.24, 2.45) is 5.92 Å².